The summed E-state index contributed by atoms with van der Waals surface area (Å²) in [5.41, 5.74) is 0. The average Bonchev–Trinajstić information content (AvgIpc) is 2.08. The molecule has 0 radical (unpaired) electrons. The van der Waals surface area contributed by atoms with Gasteiger partial charge < -0.3 is 9.47 Å². The van der Waals surface area contributed by atoms with Crippen LogP contribution in [-0.2, 0) is 0 Å². The van der Waals surface area contributed by atoms with Gasteiger partial charge in [0.1, 0.15) is 5.75 Å². The highest BCUT2D eigenvalue weighted by molar-refractivity contribution is 6.37. The lowest BCUT2D eigenvalue weighted by atomic mass is 10.3. The van der Waals surface area contributed by atoms with Crippen molar-refractivity contribution >= 4 is 23.2 Å². The van der Waals surface area contributed by atoms with Crippen molar-refractivity contribution in [2.24, 2.45) is 0 Å². The van der Waals surface area contributed by atoms with E-state index >= 15 is 0 Å². The second-order valence-electron chi connectivity index (χ2n) is 2.64. The zero-order valence-corrected chi connectivity index (χ0v) is 9.21. The van der Waals surface area contributed by atoms with Crippen LogP contribution in [0.5, 0.6) is 11.5 Å². The van der Waals surface area contributed by atoms with E-state index in [0.717, 1.165) is 12.1 Å². The maximum absolute atomic E-state index is 11.9. The summed E-state index contributed by atoms with van der Waals surface area (Å²) >= 11 is 10.8. The first-order valence-corrected chi connectivity index (χ1v) is 4.64. The summed E-state index contributed by atoms with van der Waals surface area (Å²) < 4.78 is 66.9. The van der Waals surface area contributed by atoms with Crippen LogP contribution in [-0.4, -0.2) is 13.0 Å². The maximum Gasteiger partial charge on any atom is 0.573 e. The van der Waals surface area contributed by atoms with Gasteiger partial charge in [0, 0.05) is 12.1 Å². The number of halogens is 7. The Kier molecular flexibility index (Phi) is 4.26. The van der Waals surface area contributed by atoms with E-state index in [1.165, 1.54) is 0 Å². The smallest absolute Gasteiger partial charge is 0.435 e. The van der Waals surface area contributed by atoms with Gasteiger partial charge >= 0.3 is 13.0 Å². The molecule has 0 aliphatic heterocycles. The minimum atomic E-state index is -4.99. The lowest BCUT2D eigenvalue weighted by Gasteiger charge is -2.13. The summed E-state index contributed by atoms with van der Waals surface area (Å²) in [6, 6.07) is 1.47. The Bertz CT molecular complexity index is 384. The molecule has 0 unspecified atom stereocenters. The Balaban J connectivity index is 3.02. The summed E-state index contributed by atoms with van der Waals surface area (Å²) in [4.78, 5) is 0. The number of benzene rings is 1. The Morgan fingerprint density at radius 1 is 1.06 bits per heavy atom. The second-order valence-corrected chi connectivity index (χ2v) is 3.46. The highest BCUT2D eigenvalue weighted by Crippen LogP contribution is 2.39. The van der Waals surface area contributed by atoms with E-state index in [0.29, 0.717) is 0 Å². The number of rotatable bonds is 3. The van der Waals surface area contributed by atoms with E-state index < -0.39 is 34.5 Å². The predicted molar refractivity (Wildman–Crippen MR) is 49.8 cm³/mol. The van der Waals surface area contributed by atoms with E-state index in [1.807, 2.05) is 0 Å². The van der Waals surface area contributed by atoms with Gasteiger partial charge in [0.05, 0.1) is 10.0 Å². The quantitative estimate of drug-likeness (QED) is 0.765. The SMILES string of the molecule is FC(F)Oc1cc(Cl)c(OC(F)(F)F)c(Cl)c1. The van der Waals surface area contributed by atoms with Gasteiger partial charge in [0.25, 0.3) is 0 Å². The Morgan fingerprint density at radius 2 is 1.53 bits per heavy atom. The van der Waals surface area contributed by atoms with E-state index in [9.17, 15) is 22.0 Å². The molecule has 0 amide bonds. The van der Waals surface area contributed by atoms with Crippen LogP contribution in [0.4, 0.5) is 22.0 Å². The van der Waals surface area contributed by atoms with Gasteiger partial charge in [-0.1, -0.05) is 23.2 Å². The molecule has 1 aromatic rings. The second kappa shape index (κ2) is 5.14. The molecule has 0 saturated carbocycles. The Hall–Kier alpha value is -0.950. The fourth-order valence-corrected chi connectivity index (χ4v) is 1.46. The molecule has 0 aliphatic rings. The molecule has 0 spiro atoms. The molecule has 9 heteroatoms. The van der Waals surface area contributed by atoms with Gasteiger partial charge in [0.15, 0.2) is 5.75 Å². The molecule has 0 saturated heterocycles. The molecule has 96 valence electrons. The van der Waals surface area contributed by atoms with Crippen molar-refractivity contribution in [3.8, 4) is 11.5 Å². The summed E-state index contributed by atoms with van der Waals surface area (Å²) in [5.74, 6) is -1.34. The highest BCUT2D eigenvalue weighted by atomic mass is 35.5. The molecule has 0 N–H and O–H groups in total. The third kappa shape index (κ3) is 4.43. The highest BCUT2D eigenvalue weighted by Gasteiger charge is 2.33. The van der Waals surface area contributed by atoms with Crippen molar-refractivity contribution in [1.29, 1.82) is 0 Å². The molecular formula is C8H3Cl2F5O2. The van der Waals surface area contributed by atoms with E-state index in [2.05, 4.69) is 9.47 Å². The van der Waals surface area contributed by atoms with Gasteiger partial charge in [0.2, 0.25) is 0 Å². The van der Waals surface area contributed by atoms with E-state index in [4.69, 9.17) is 23.2 Å². The normalized spacial score (nSPS) is 11.8. The minimum Gasteiger partial charge on any atom is -0.435 e. The third-order valence-corrected chi connectivity index (χ3v) is 1.98. The van der Waals surface area contributed by atoms with Gasteiger partial charge in [-0.2, -0.15) is 8.78 Å². The van der Waals surface area contributed by atoms with Crippen molar-refractivity contribution in [1.82, 2.24) is 0 Å². The predicted octanol–water partition coefficient (Wildman–Crippen LogP) is 4.49. The zero-order chi connectivity index (χ0) is 13.2. The van der Waals surface area contributed by atoms with Crippen molar-refractivity contribution in [3.63, 3.8) is 0 Å². The lowest BCUT2D eigenvalue weighted by Crippen LogP contribution is -2.17. The molecule has 1 aromatic carbocycles. The summed E-state index contributed by atoms with van der Waals surface area (Å²) in [6.07, 6.45) is -4.99. The number of ether oxygens (including phenoxy) is 2. The van der Waals surface area contributed by atoms with Gasteiger partial charge in [-0.25, -0.2) is 0 Å². The first-order chi connectivity index (χ1) is 7.69. The molecule has 2 nitrogen and oxygen atoms in total. The first kappa shape index (κ1) is 14.1. The minimum absolute atomic E-state index is 0.468. The number of hydrogen-bond acceptors (Lipinski definition) is 2. The summed E-state index contributed by atoms with van der Waals surface area (Å²) in [6.45, 7) is -3.14. The van der Waals surface area contributed by atoms with Crippen molar-refractivity contribution in [3.05, 3.63) is 22.2 Å². The van der Waals surface area contributed by atoms with E-state index in [-0.39, 0.29) is 0 Å². The van der Waals surface area contributed by atoms with Crippen molar-refractivity contribution < 1.29 is 31.4 Å². The molecule has 17 heavy (non-hydrogen) atoms. The molecule has 0 bridgehead atoms. The van der Waals surface area contributed by atoms with Crippen LogP contribution in [0.1, 0.15) is 0 Å². The van der Waals surface area contributed by atoms with Crippen LogP contribution < -0.4 is 9.47 Å². The van der Waals surface area contributed by atoms with Crippen LogP contribution in [0.3, 0.4) is 0 Å². The number of hydrogen-bond donors (Lipinski definition) is 0. The third-order valence-electron chi connectivity index (χ3n) is 1.41. The fraction of sp³-hybridized carbons (Fsp3) is 0.250. The molecule has 0 atom stereocenters. The average molecular weight is 297 g/mol. The lowest BCUT2D eigenvalue weighted by molar-refractivity contribution is -0.274. The summed E-state index contributed by atoms with van der Waals surface area (Å²) in [5, 5.41) is -1.18. The molecule has 1 rings (SSSR count). The fourth-order valence-electron chi connectivity index (χ4n) is 0.921. The van der Waals surface area contributed by atoms with Crippen LogP contribution in [0.15, 0.2) is 12.1 Å². The standard InChI is InChI=1S/C8H3Cl2F5O2/c9-4-1-3(16-7(11)12)2-5(10)6(4)17-8(13,14)15/h1-2,7H. The van der Waals surface area contributed by atoms with Crippen LogP contribution in [0, 0.1) is 0 Å². The monoisotopic (exact) mass is 296 g/mol. The molecule has 0 aliphatic carbocycles. The van der Waals surface area contributed by atoms with E-state index in [1.54, 1.807) is 0 Å². The molecule has 0 heterocycles. The van der Waals surface area contributed by atoms with Crippen molar-refractivity contribution in [2.45, 2.75) is 13.0 Å². The Morgan fingerprint density at radius 3 is 1.88 bits per heavy atom. The Labute approximate surface area is 102 Å². The zero-order valence-electron chi connectivity index (χ0n) is 7.69. The van der Waals surface area contributed by atoms with Gasteiger partial charge in [-0.05, 0) is 0 Å². The maximum atomic E-state index is 11.9. The molecular weight excluding hydrogens is 294 g/mol. The first-order valence-electron chi connectivity index (χ1n) is 3.88. The molecule has 0 aromatic heterocycles. The summed E-state index contributed by atoms with van der Waals surface area (Å²) in [7, 11) is 0. The van der Waals surface area contributed by atoms with Crippen LogP contribution in [0.2, 0.25) is 10.0 Å². The number of alkyl halides is 5. The molecule has 0 fully saturated rings. The van der Waals surface area contributed by atoms with Crippen LogP contribution >= 0.6 is 23.2 Å². The van der Waals surface area contributed by atoms with Gasteiger partial charge in [-0.15, -0.1) is 13.2 Å². The largest absolute Gasteiger partial charge is 0.573 e. The van der Waals surface area contributed by atoms with Crippen LogP contribution in [0.25, 0.3) is 0 Å². The topological polar surface area (TPSA) is 18.5 Å². The van der Waals surface area contributed by atoms with Gasteiger partial charge in [-0.3, -0.25) is 0 Å². The van der Waals surface area contributed by atoms with Crippen molar-refractivity contribution in [2.75, 3.05) is 0 Å².